The van der Waals surface area contributed by atoms with Gasteiger partial charge in [-0.05, 0) is 26.3 Å². The Kier molecular flexibility index (Phi) is 3.45. The summed E-state index contributed by atoms with van der Waals surface area (Å²) in [6, 6.07) is 10.4. The molecule has 0 spiro atoms. The molecule has 0 aliphatic heterocycles. The summed E-state index contributed by atoms with van der Waals surface area (Å²) in [7, 11) is 0. The van der Waals surface area contributed by atoms with Gasteiger partial charge >= 0.3 is 0 Å². The molecule has 1 aromatic rings. The minimum absolute atomic E-state index is 0.0308. The van der Waals surface area contributed by atoms with Crippen molar-refractivity contribution in [1.29, 1.82) is 0 Å². The Morgan fingerprint density at radius 3 is 2.21 bits per heavy atom. The normalized spacial score (nSPS) is 14.6. The molecule has 0 aliphatic carbocycles. The minimum Gasteiger partial charge on any atom is -0.291 e. The van der Waals surface area contributed by atoms with Crippen LogP contribution in [0.2, 0.25) is 0 Å². The van der Waals surface area contributed by atoms with Crippen LogP contribution in [0.4, 0.5) is 0 Å². The topological polar surface area (TPSA) is 12.4 Å². The second-order valence-corrected chi connectivity index (χ2v) is 4.65. The number of hydrogen-bond donors (Lipinski definition) is 0. The molecule has 1 aromatic carbocycles. The van der Waals surface area contributed by atoms with Crippen LogP contribution in [0, 0.1) is 0 Å². The average molecular weight is 189 g/mol. The summed E-state index contributed by atoms with van der Waals surface area (Å²) < 4.78 is 0. The molecule has 0 aromatic heterocycles. The summed E-state index contributed by atoms with van der Waals surface area (Å²) >= 11 is 0. The molecule has 0 saturated heterocycles. The quantitative estimate of drug-likeness (QED) is 0.630. The molecular weight excluding hydrogens is 170 g/mol. The van der Waals surface area contributed by atoms with Gasteiger partial charge in [0.05, 0.1) is 5.54 Å². The average Bonchev–Trinajstić information content (AvgIpc) is 2.14. The lowest BCUT2D eigenvalue weighted by Crippen LogP contribution is -2.11. The highest BCUT2D eigenvalue weighted by molar-refractivity contribution is 5.67. The van der Waals surface area contributed by atoms with Crippen molar-refractivity contribution in [2.24, 2.45) is 4.99 Å². The second kappa shape index (κ2) is 4.41. The Morgan fingerprint density at radius 1 is 1.14 bits per heavy atom. The van der Waals surface area contributed by atoms with Gasteiger partial charge in [-0.3, -0.25) is 4.99 Å². The van der Waals surface area contributed by atoms with E-state index in [1.54, 1.807) is 0 Å². The van der Waals surface area contributed by atoms with Crippen LogP contribution < -0.4 is 0 Å². The van der Waals surface area contributed by atoms with Crippen molar-refractivity contribution in [2.75, 3.05) is 0 Å². The number of hydrogen-bond acceptors (Lipinski definition) is 1. The number of rotatable bonds is 2. The van der Waals surface area contributed by atoms with Gasteiger partial charge in [0.25, 0.3) is 0 Å². The van der Waals surface area contributed by atoms with Crippen LogP contribution in [-0.2, 0) is 0 Å². The van der Waals surface area contributed by atoms with Gasteiger partial charge in [0.15, 0.2) is 0 Å². The van der Waals surface area contributed by atoms with E-state index in [9.17, 15) is 0 Å². The molecule has 76 valence electrons. The van der Waals surface area contributed by atoms with E-state index in [1.807, 2.05) is 12.3 Å². The third kappa shape index (κ3) is 3.73. The lowest BCUT2D eigenvalue weighted by atomic mass is 10.0. The molecule has 1 atom stereocenters. The monoisotopic (exact) mass is 189 g/mol. The standard InChI is InChI=1S/C13H19N/c1-11(10-14-13(2,3)4)12-8-6-5-7-9-12/h5-11H,1-4H3. The first-order chi connectivity index (χ1) is 6.49. The van der Waals surface area contributed by atoms with Crippen LogP contribution in [0.25, 0.3) is 0 Å². The van der Waals surface area contributed by atoms with Crippen molar-refractivity contribution < 1.29 is 0 Å². The number of benzene rings is 1. The Bertz CT molecular complexity index is 293. The van der Waals surface area contributed by atoms with E-state index in [0.717, 1.165) is 0 Å². The first-order valence-corrected chi connectivity index (χ1v) is 5.09. The highest BCUT2D eigenvalue weighted by atomic mass is 14.8. The Labute approximate surface area is 86.9 Å². The molecule has 1 rings (SSSR count). The summed E-state index contributed by atoms with van der Waals surface area (Å²) in [6.45, 7) is 8.51. The lowest BCUT2D eigenvalue weighted by molar-refractivity contribution is 0.584. The number of nitrogens with zero attached hydrogens (tertiary/aromatic N) is 1. The van der Waals surface area contributed by atoms with E-state index in [1.165, 1.54) is 5.56 Å². The second-order valence-electron chi connectivity index (χ2n) is 4.65. The minimum atomic E-state index is 0.0308. The van der Waals surface area contributed by atoms with E-state index in [4.69, 9.17) is 0 Å². The van der Waals surface area contributed by atoms with Crippen LogP contribution in [0.15, 0.2) is 35.3 Å². The summed E-state index contributed by atoms with van der Waals surface area (Å²) in [5, 5.41) is 0. The predicted octanol–water partition coefficient (Wildman–Crippen LogP) is 3.66. The van der Waals surface area contributed by atoms with Crippen molar-refractivity contribution in [1.82, 2.24) is 0 Å². The molecule has 1 nitrogen and oxygen atoms in total. The molecule has 0 radical (unpaired) electrons. The van der Waals surface area contributed by atoms with E-state index >= 15 is 0 Å². The maximum absolute atomic E-state index is 4.51. The van der Waals surface area contributed by atoms with Crippen LogP contribution in [-0.4, -0.2) is 11.8 Å². The van der Waals surface area contributed by atoms with E-state index in [2.05, 4.69) is 57.0 Å². The highest BCUT2D eigenvalue weighted by Gasteiger charge is 2.07. The zero-order valence-corrected chi connectivity index (χ0v) is 9.49. The van der Waals surface area contributed by atoms with Gasteiger partial charge < -0.3 is 0 Å². The molecule has 1 unspecified atom stereocenters. The van der Waals surface area contributed by atoms with Crippen molar-refractivity contribution in [3.8, 4) is 0 Å². The molecule has 0 saturated carbocycles. The van der Waals surface area contributed by atoms with Gasteiger partial charge in [-0.1, -0.05) is 37.3 Å². The fourth-order valence-corrected chi connectivity index (χ4v) is 1.18. The van der Waals surface area contributed by atoms with E-state index in [0.29, 0.717) is 5.92 Å². The fourth-order valence-electron chi connectivity index (χ4n) is 1.18. The summed E-state index contributed by atoms with van der Waals surface area (Å²) in [6.07, 6.45) is 2.04. The van der Waals surface area contributed by atoms with Crippen LogP contribution in [0.1, 0.15) is 39.2 Å². The van der Waals surface area contributed by atoms with Gasteiger partial charge in [0.2, 0.25) is 0 Å². The van der Waals surface area contributed by atoms with E-state index in [-0.39, 0.29) is 5.54 Å². The molecule has 0 amide bonds. The van der Waals surface area contributed by atoms with Crippen LogP contribution in [0.3, 0.4) is 0 Å². The van der Waals surface area contributed by atoms with Gasteiger partial charge in [-0.2, -0.15) is 0 Å². The molecule has 0 N–H and O–H groups in total. The molecule has 0 bridgehead atoms. The van der Waals surface area contributed by atoms with Gasteiger partial charge in [0.1, 0.15) is 0 Å². The highest BCUT2D eigenvalue weighted by Crippen LogP contribution is 2.14. The molecule has 0 fully saturated rings. The van der Waals surface area contributed by atoms with Crippen molar-refractivity contribution >= 4 is 6.21 Å². The van der Waals surface area contributed by atoms with Crippen molar-refractivity contribution in [2.45, 2.75) is 39.2 Å². The SMILES string of the molecule is CC(C=NC(C)(C)C)c1ccccc1. The van der Waals surface area contributed by atoms with E-state index < -0.39 is 0 Å². The lowest BCUT2D eigenvalue weighted by Gasteiger charge is -2.13. The zero-order valence-electron chi connectivity index (χ0n) is 9.49. The maximum Gasteiger partial charge on any atom is 0.0520 e. The predicted molar refractivity (Wildman–Crippen MR) is 63.1 cm³/mol. The molecule has 0 aliphatic rings. The molecule has 1 heteroatoms. The van der Waals surface area contributed by atoms with Crippen LogP contribution in [0.5, 0.6) is 0 Å². The van der Waals surface area contributed by atoms with Gasteiger partial charge in [0, 0.05) is 12.1 Å². The fraction of sp³-hybridized carbons (Fsp3) is 0.462. The Balaban J connectivity index is 2.69. The summed E-state index contributed by atoms with van der Waals surface area (Å²) in [5.74, 6) is 0.399. The third-order valence-corrected chi connectivity index (χ3v) is 2.01. The van der Waals surface area contributed by atoms with Crippen LogP contribution >= 0.6 is 0 Å². The third-order valence-electron chi connectivity index (χ3n) is 2.01. The first-order valence-electron chi connectivity index (χ1n) is 5.09. The summed E-state index contributed by atoms with van der Waals surface area (Å²) in [5.41, 5.74) is 1.35. The smallest absolute Gasteiger partial charge is 0.0520 e. The molecule has 0 heterocycles. The van der Waals surface area contributed by atoms with Gasteiger partial charge in [-0.25, -0.2) is 0 Å². The first kappa shape index (κ1) is 11.0. The maximum atomic E-state index is 4.51. The van der Waals surface area contributed by atoms with Crippen molar-refractivity contribution in [3.05, 3.63) is 35.9 Å². The molecular formula is C13H19N. The van der Waals surface area contributed by atoms with Crippen molar-refractivity contribution in [3.63, 3.8) is 0 Å². The largest absolute Gasteiger partial charge is 0.291 e. The zero-order chi connectivity index (χ0) is 10.6. The summed E-state index contributed by atoms with van der Waals surface area (Å²) in [4.78, 5) is 4.51. The molecule has 14 heavy (non-hydrogen) atoms. The van der Waals surface area contributed by atoms with Gasteiger partial charge in [-0.15, -0.1) is 0 Å². The number of aliphatic imine (C=N–C) groups is 1. The Hall–Kier alpha value is -1.11. The Morgan fingerprint density at radius 2 is 1.71 bits per heavy atom.